The first kappa shape index (κ1) is 12.7. The number of rotatable bonds is 4. The second-order valence-electron chi connectivity index (χ2n) is 4.57. The van der Waals surface area contributed by atoms with Gasteiger partial charge in [-0.1, -0.05) is 6.07 Å². The molecule has 0 spiro atoms. The van der Waals surface area contributed by atoms with Crippen molar-refractivity contribution in [3.05, 3.63) is 35.0 Å². The summed E-state index contributed by atoms with van der Waals surface area (Å²) in [7, 11) is 0. The third kappa shape index (κ3) is 2.83. The van der Waals surface area contributed by atoms with E-state index in [1.165, 1.54) is 5.56 Å². The molecule has 3 heterocycles. The van der Waals surface area contributed by atoms with Crippen LogP contribution in [0, 0.1) is 0 Å². The zero-order chi connectivity index (χ0) is 13.1. The molecule has 0 atom stereocenters. The molecule has 0 radical (unpaired) electrons. The van der Waals surface area contributed by atoms with Gasteiger partial charge in [-0.2, -0.15) is 0 Å². The molecule has 0 amide bonds. The Hall–Kier alpha value is -1.30. The van der Waals surface area contributed by atoms with E-state index in [9.17, 15) is 0 Å². The van der Waals surface area contributed by atoms with Gasteiger partial charge in [-0.05, 0) is 30.4 Å². The van der Waals surface area contributed by atoms with Crippen LogP contribution in [0.4, 0.5) is 0 Å². The SMILES string of the molecule is CCOCN1CCc2cnc(-c3cccs3)nc2C1. The predicted octanol–water partition coefficient (Wildman–Crippen LogP) is 2.56. The maximum absolute atomic E-state index is 5.48. The van der Waals surface area contributed by atoms with Gasteiger partial charge in [-0.25, -0.2) is 9.97 Å². The first-order valence-electron chi connectivity index (χ1n) is 6.55. The van der Waals surface area contributed by atoms with E-state index < -0.39 is 0 Å². The highest BCUT2D eigenvalue weighted by Crippen LogP contribution is 2.24. The van der Waals surface area contributed by atoms with Crippen molar-refractivity contribution in [2.45, 2.75) is 19.9 Å². The Morgan fingerprint density at radius 3 is 3.21 bits per heavy atom. The minimum atomic E-state index is 0.689. The molecule has 1 aliphatic rings. The normalized spacial score (nSPS) is 15.4. The van der Waals surface area contributed by atoms with Gasteiger partial charge in [-0.3, -0.25) is 4.90 Å². The average molecular weight is 275 g/mol. The van der Waals surface area contributed by atoms with Gasteiger partial charge in [0, 0.05) is 25.9 Å². The van der Waals surface area contributed by atoms with E-state index in [1.54, 1.807) is 11.3 Å². The number of thiophene rings is 1. The third-order valence-corrected chi connectivity index (χ3v) is 4.11. The summed E-state index contributed by atoms with van der Waals surface area (Å²) >= 11 is 1.68. The van der Waals surface area contributed by atoms with Crippen LogP contribution in [0.2, 0.25) is 0 Å². The molecule has 0 fully saturated rings. The highest BCUT2D eigenvalue weighted by molar-refractivity contribution is 7.13. The average Bonchev–Trinajstić information content (AvgIpc) is 2.98. The lowest BCUT2D eigenvalue weighted by Crippen LogP contribution is -2.33. The van der Waals surface area contributed by atoms with Gasteiger partial charge in [0.25, 0.3) is 0 Å². The molecule has 19 heavy (non-hydrogen) atoms. The van der Waals surface area contributed by atoms with E-state index in [0.29, 0.717) is 6.73 Å². The number of ether oxygens (including phenoxy) is 1. The number of hydrogen-bond donors (Lipinski definition) is 0. The molecule has 1 aliphatic heterocycles. The minimum Gasteiger partial charge on any atom is -0.366 e. The summed E-state index contributed by atoms with van der Waals surface area (Å²) in [6.07, 6.45) is 2.99. The Bertz CT molecular complexity index is 542. The van der Waals surface area contributed by atoms with Crippen LogP contribution in [0.15, 0.2) is 23.7 Å². The second kappa shape index (κ2) is 5.77. The summed E-state index contributed by atoms with van der Waals surface area (Å²) in [6, 6.07) is 4.09. The number of nitrogens with zero attached hydrogens (tertiary/aromatic N) is 3. The van der Waals surface area contributed by atoms with E-state index in [0.717, 1.165) is 42.5 Å². The predicted molar refractivity (Wildman–Crippen MR) is 76.0 cm³/mol. The molecule has 100 valence electrons. The Kier molecular flexibility index (Phi) is 3.87. The molecule has 0 saturated heterocycles. The lowest BCUT2D eigenvalue weighted by Gasteiger charge is -2.27. The molecule has 3 rings (SSSR count). The van der Waals surface area contributed by atoms with Crippen molar-refractivity contribution >= 4 is 11.3 Å². The van der Waals surface area contributed by atoms with E-state index in [1.807, 2.05) is 19.2 Å². The number of aromatic nitrogens is 2. The number of hydrogen-bond acceptors (Lipinski definition) is 5. The molecule has 0 aliphatic carbocycles. The van der Waals surface area contributed by atoms with E-state index in [-0.39, 0.29) is 0 Å². The summed E-state index contributed by atoms with van der Waals surface area (Å²) in [5, 5.41) is 2.06. The molecule has 0 bridgehead atoms. The summed E-state index contributed by atoms with van der Waals surface area (Å²) in [5.74, 6) is 0.840. The smallest absolute Gasteiger partial charge is 0.169 e. The summed E-state index contributed by atoms with van der Waals surface area (Å²) in [4.78, 5) is 12.6. The topological polar surface area (TPSA) is 38.2 Å². The summed E-state index contributed by atoms with van der Waals surface area (Å²) < 4.78 is 5.48. The van der Waals surface area contributed by atoms with Crippen molar-refractivity contribution < 1.29 is 4.74 Å². The van der Waals surface area contributed by atoms with Crippen LogP contribution in [-0.4, -0.2) is 34.8 Å². The first-order valence-corrected chi connectivity index (χ1v) is 7.43. The third-order valence-electron chi connectivity index (χ3n) is 3.24. The first-order chi connectivity index (χ1) is 9.36. The summed E-state index contributed by atoms with van der Waals surface area (Å²) in [5.41, 5.74) is 2.41. The van der Waals surface area contributed by atoms with E-state index >= 15 is 0 Å². The molecule has 0 unspecified atom stereocenters. The zero-order valence-electron chi connectivity index (χ0n) is 11.0. The van der Waals surface area contributed by atoms with Gasteiger partial charge in [0.15, 0.2) is 5.82 Å². The van der Waals surface area contributed by atoms with Crippen molar-refractivity contribution in [2.75, 3.05) is 19.9 Å². The Balaban J connectivity index is 1.80. The van der Waals surface area contributed by atoms with Crippen LogP contribution < -0.4 is 0 Å². The maximum Gasteiger partial charge on any atom is 0.169 e. The standard InChI is InChI=1S/C14H17N3OS/c1-2-18-10-17-6-5-11-8-15-14(16-12(11)9-17)13-4-3-7-19-13/h3-4,7-8H,2,5-6,9-10H2,1H3. The van der Waals surface area contributed by atoms with E-state index in [2.05, 4.69) is 21.3 Å². The zero-order valence-corrected chi connectivity index (χ0v) is 11.8. The largest absolute Gasteiger partial charge is 0.366 e. The lowest BCUT2D eigenvalue weighted by molar-refractivity contribution is 0.0270. The molecule has 0 N–H and O–H groups in total. The van der Waals surface area contributed by atoms with Gasteiger partial charge in [-0.15, -0.1) is 11.3 Å². The highest BCUT2D eigenvalue weighted by Gasteiger charge is 2.18. The van der Waals surface area contributed by atoms with Crippen LogP contribution in [0.3, 0.4) is 0 Å². The van der Waals surface area contributed by atoms with Crippen molar-refractivity contribution in [1.82, 2.24) is 14.9 Å². The summed E-state index contributed by atoms with van der Waals surface area (Å²) in [6.45, 7) is 5.35. The second-order valence-corrected chi connectivity index (χ2v) is 5.51. The minimum absolute atomic E-state index is 0.689. The molecule has 5 heteroatoms. The fraction of sp³-hybridized carbons (Fsp3) is 0.429. The van der Waals surface area contributed by atoms with Crippen LogP contribution in [0.25, 0.3) is 10.7 Å². The van der Waals surface area contributed by atoms with Crippen LogP contribution in [0.1, 0.15) is 18.2 Å². The van der Waals surface area contributed by atoms with Gasteiger partial charge < -0.3 is 4.74 Å². The Labute approximate surface area is 117 Å². The van der Waals surface area contributed by atoms with E-state index in [4.69, 9.17) is 9.72 Å². The molecular formula is C14H17N3OS. The molecule has 0 aromatic carbocycles. The lowest BCUT2D eigenvalue weighted by atomic mass is 10.1. The molecule has 4 nitrogen and oxygen atoms in total. The Morgan fingerprint density at radius 1 is 1.47 bits per heavy atom. The molecule has 2 aromatic rings. The molecular weight excluding hydrogens is 258 g/mol. The van der Waals surface area contributed by atoms with Crippen LogP contribution in [0.5, 0.6) is 0 Å². The quantitative estimate of drug-likeness (QED) is 0.859. The molecule has 0 saturated carbocycles. The fourth-order valence-corrected chi connectivity index (χ4v) is 2.88. The van der Waals surface area contributed by atoms with Crippen molar-refractivity contribution in [2.24, 2.45) is 0 Å². The van der Waals surface area contributed by atoms with Crippen molar-refractivity contribution in [3.8, 4) is 10.7 Å². The highest BCUT2D eigenvalue weighted by atomic mass is 32.1. The Morgan fingerprint density at radius 2 is 2.42 bits per heavy atom. The maximum atomic E-state index is 5.48. The van der Waals surface area contributed by atoms with Crippen molar-refractivity contribution in [1.29, 1.82) is 0 Å². The van der Waals surface area contributed by atoms with Gasteiger partial charge in [0.1, 0.15) is 0 Å². The van der Waals surface area contributed by atoms with Crippen molar-refractivity contribution in [3.63, 3.8) is 0 Å². The fourth-order valence-electron chi connectivity index (χ4n) is 2.21. The van der Waals surface area contributed by atoms with Gasteiger partial charge in [0.2, 0.25) is 0 Å². The monoisotopic (exact) mass is 275 g/mol. The van der Waals surface area contributed by atoms with Crippen LogP contribution >= 0.6 is 11.3 Å². The van der Waals surface area contributed by atoms with Crippen LogP contribution in [-0.2, 0) is 17.7 Å². The van der Waals surface area contributed by atoms with Gasteiger partial charge in [0.05, 0.1) is 17.3 Å². The number of fused-ring (bicyclic) bond motifs is 1. The van der Waals surface area contributed by atoms with Gasteiger partial charge >= 0.3 is 0 Å². The molecule has 2 aromatic heterocycles.